The van der Waals surface area contributed by atoms with Crippen molar-refractivity contribution in [2.45, 2.75) is 0 Å². The topological polar surface area (TPSA) is 100 Å². The number of nitro groups is 1. The Hall–Kier alpha value is -4.14. The van der Waals surface area contributed by atoms with Crippen molar-refractivity contribution in [1.82, 2.24) is 14.8 Å². The van der Waals surface area contributed by atoms with Crippen LogP contribution in [0.25, 0.3) is 28.0 Å². The highest BCUT2D eigenvalue weighted by molar-refractivity contribution is 6.04. The molecule has 0 aliphatic rings. The Morgan fingerprint density at radius 2 is 1.97 bits per heavy atom. The minimum Gasteiger partial charge on any atom is -0.465 e. The van der Waals surface area contributed by atoms with Crippen LogP contribution in [0.1, 0.15) is 10.4 Å². The number of methoxy groups -OCH3 is 1. The predicted octanol–water partition coefficient (Wildman–Crippen LogP) is 3.92. The molecule has 0 fully saturated rings. The van der Waals surface area contributed by atoms with Crippen LogP contribution >= 0.6 is 0 Å². The summed E-state index contributed by atoms with van der Waals surface area (Å²) in [6.45, 7) is 0. The van der Waals surface area contributed by atoms with Gasteiger partial charge in [0.1, 0.15) is 11.5 Å². The summed E-state index contributed by atoms with van der Waals surface area (Å²) in [5.41, 5.74) is 1.14. The third-order valence-electron chi connectivity index (χ3n) is 4.38. The van der Waals surface area contributed by atoms with E-state index in [1.54, 1.807) is 18.2 Å². The zero-order valence-corrected chi connectivity index (χ0v) is 15.1. The second-order valence-electron chi connectivity index (χ2n) is 6.10. The number of pyridine rings is 1. The molecular formula is C20H13FN4O4. The second-order valence-corrected chi connectivity index (χ2v) is 6.10. The molecule has 144 valence electrons. The number of rotatable bonds is 4. The highest BCUT2D eigenvalue weighted by Gasteiger charge is 2.20. The zero-order valence-electron chi connectivity index (χ0n) is 15.1. The number of carbonyl (C=O) groups is 1. The minimum atomic E-state index is -0.628. The van der Waals surface area contributed by atoms with Gasteiger partial charge in [0, 0.05) is 17.7 Å². The highest BCUT2D eigenvalue weighted by atomic mass is 19.1. The number of nitro benzene ring substituents is 1. The lowest BCUT2D eigenvalue weighted by atomic mass is 10.1. The number of carbonyl (C=O) groups excluding carboxylic acids is 1. The van der Waals surface area contributed by atoms with E-state index in [0.29, 0.717) is 16.6 Å². The van der Waals surface area contributed by atoms with Gasteiger partial charge in [-0.05, 0) is 18.2 Å². The maximum absolute atomic E-state index is 14.3. The fraction of sp³-hybridized carbons (Fsp3) is 0.0500. The summed E-state index contributed by atoms with van der Waals surface area (Å²) in [5, 5.41) is 15.7. The Labute approximate surface area is 163 Å². The molecule has 4 aromatic rings. The van der Waals surface area contributed by atoms with Crippen LogP contribution in [0.2, 0.25) is 0 Å². The molecule has 0 amide bonds. The number of esters is 1. The van der Waals surface area contributed by atoms with Crippen LogP contribution in [0, 0.1) is 15.9 Å². The summed E-state index contributed by atoms with van der Waals surface area (Å²) < 4.78 is 20.4. The Morgan fingerprint density at radius 1 is 1.17 bits per heavy atom. The smallest absolute Gasteiger partial charge is 0.338 e. The highest BCUT2D eigenvalue weighted by Crippen LogP contribution is 2.29. The summed E-state index contributed by atoms with van der Waals surface area (Å²) in [4.78, 5) is 27.4. The van der Waals surface area contributed by atoms with Crippen molar-refractivity contribution >= 4 is 22.7 Å². The molecule has 0 radical (unpaired) electrons. The largest absolute Gasteiger partial charge is 0.465 e. The van der Waals surface area contributed by atoms with E-state index >= 15 is 0 Å². The molecule has 29 heavy (non-hydrogen) atoms. The van der Waals surface area contributed by atoms with E-state index in [1.165, 1.54) is 54.4 Å². The van der Waals surface area contributed by atoms with E-state index in [-0.39, 0.29) is 22.6 Å². The van der Waals surface area contributed by atoms with Crippen molar-refractivity contribution in [2.75, 3.05) is 7.11 Å². The standard InChI is InChI=1S/C20H13FN4O4/c1-29-20(26)14-10-17(12-5-4-6-13(9-12)25(27)28)23-19-15(14)11-22-24(19)18-8-3-2-7-16(18)21/h2-11H,1H3. The number of nitrogens with zero attached hydrogens (tertiary/aromatic N) is 4. The summed E-state index contributed by atoms with van der Waals surface area (Å²) in [6, 6.07) is 13.3. The van der Waals surface area contributed by atoms with Crippen molar-refractivity contribution in [3.63, 3.8) is 0 Å². The number of benzene rings is 2. The molecule has 0 unspecified atom stereocenters. The van der Waals surface area contributed by atoms with Gasteiger partial charge in [-0.15, -0.1) is 0 Å². The fourth-order valence-corrected chi connectivity index (χ4v) is 3.01. The molecule has 9 heteroatoms. The third-order valence-corrected chi connectivity index (χ3v) is 4.38. The number of halogens is 1. The molecule has 2 aromatic heterocycles. The Balaban J connectivity index is 2.00. The fourth-order valence-electron chi connectivity index (χ4n) is 3.01. The van der Waals surface area contributed by atoms with Crippen LogP contribution in [0.4, 0.5) is 10.1 Å². The summed E-state index contributed by atoms with van der Waals surface area (Å²) in [7, 11) is 1.24. The lowest BCUT2D eigenvalue weighted by Crippen LogP contribution is -2.05. The molecule has 2 aromatic carbocycles. The average Bonchev–Trinajstić information content (AvgIpc) is 3.16. The maximum atomic E-state index is 14.3. The molecule has 8 nitrogen and oxygen atoms in total. The Kier molecular flexibility index (Phi) is 4.47. The van der Waals surface area contributed by atoms with Crippen LogP contribution in [0.15, 0.2) is 60.8 Å². The summed E-state index contributed by atoms with van der Waals surface area (Å²) >= 11 is 0. The SMILES string of the molecule is COC(=O)c1cc(-c2cccc([N+](=O)[O-])c2)nc2c1cnn2-c1ccccc1F. The van der Waals surface area contributed by atoms with E-state index < -0.39 is 16.7 Å². The molecule has 0 spiro atoms. The van der Waals surface area contributed by atoms with Crippen molar-refractivity contribution < 1.29 is 18.8 Å². The molecule has 4 rings (SSSR count). The van der Waals surface area contributed by atoms with Crippen LogP contribution < -0.4 is 0 Å². The van der Waals surface area contributed by atoms with Crippen LogP contribution in [0.3, 0.4) is 0 Å². The quantitative estimate of drug-likeness (QED) is 0.296. The van der Waals surface area contributed by atoms with Crippen LogP contribution in [-0.4, -0.2) is 32.8 Å². The predicted molar refractivity (Wildman–Crippen MR) is 102 cm³/mol. The van der Waals surface area contributed by atoms with Crippen molar-refractivity contribution in [3.8, 4) is 16.9 Å². The van der Waals surface area contributed by atoms with E-state index in [0.717, 1.165) is 0 Å². The molecule has 0 saturated carbocycles. The van der Waals surface area contributed by atoms with Crippen LogP contribution in [0.5, 0.6) is 0 Å². The summed E-state index contributed by atoms with van der Waals surface area (Å²) in [6.07, 6.45) is 1.40. The number of hydrogen-bond acceptors (Lipinski definition) is 6. The number of aromatic nitrogens is 3. The van der Waals surface area contributed by atoms with E-state index in [1.807, 2.05) is 0 Å². The molecule has 0 saturated heterocycles. The van der Waals surface area contributed by atoms with Gasteiger partial charge in [-0.3, -0.25) is 10.1 Å². The Morgan fingerprint density at radius 3 is 2.69 bits per heavy atom. The van der Waals surface area contributed by atoms with Gasteiger partial charge in [-0.1, -0.05) is 24.3 Å². The molecule has 0 aliphatic carbocycles. The van der Waals surface area contributed by atoms with Gasteiger partial charge >= 0.3 is 5.97 Å². The molecule has 0 atom stereocenters. The Bertz CT molecular complexity index is 1270. The monoisotopic (exact) mass is 392 g/mol. The van der Waals surface area contributed by atoms with Crippen molar-refractivity contribution in [1.29, 1.82) is 0 Å². The lowest BCUT2D eigenvalue weighted by Gasteiger charge is -2.08. The molecule has 0 aliphatic heterocycles. The van der Waals surface area contributed by atoms with Crippen LogP contribution in [-0.2, 0) is 4.74 Å². The van der Waals surface area contributed by atoms with E-state index in [4.69, 9.17) is 4.74 Å². The first kappa shape index (κ1) is 18.2. The van der Waals surface area contributed by atoms with Gasteiger partial charge in [0.15, 0.2) is 5.65 Å². The second kappa shape index (κ2) is 7.12. The number of fused-ring (bicyclic) bond motifs is 1. The molecule has 2 heterocycles. The first-order chi connectivity index (χ1) is 14.0. The number of hydrogen-bond donors (Lipinski definition) is 0. The first-order valence-electron chi connectivity index (χ1n) is 8.46. The normalized spacial score (nSPS) is 10.8. The maximum Gasteiger partial charge on any atom is 0.338 e. The molecule has 0 N–H and O–H groups in total. The van der Waals surface area contributed by atoms with Gasteiger partial charge in [0.05, 0.1) is 34.9 Å². The molecular weight excluding hydrogens is 379 g/mol. The van der Waals surface area contributed by atoms with Crippen molar-refractivity contribution in [2.24, 2.45) is 0 Å². The van der Waals surface area contributed by atoms with Gasteiger partial charge < -0.3 is 4.74 Å². The van der Waals surface area contributed by atoms with Gasteiger partial charge in [0.25, 0.3) is 5.69 Å². The number of para-hydroxylation sites is 1. The van der Waals surface area contributed by atoms with Gasteiger partial charge in [0.2, 0.25) is 0 Å². The third kappa shape index (κ3) is 3.18. The first-order valence-corrected chi connectivity index (χ1v) is 8.46. The number of ether oxygens (including phenoxy) is 1. The molecule has 0 bridgehead atoms. The van der Waals surface area contributed by atoms with Crippen molar-refractivity contribution in [3.05, 3.63) is 82.3 Å². The average molecular weight is 392 g/mol. The van der Waals surface area contributed by atoms with Gasteiger partial charge in [-0.2, -0.15) is 5.10 Å². The zero-order chi connectivity index (χ0) is 20.5. The summed E-state index contributed by atoms with van der Waals surface area (Å²) in [5.74, 6) is -1.14. The minimum absolute atomic E-state index is 0.119. The van der Waals surface area contributed by atoms with Gasteiger partial charge in [-0.25, -0.2) is 18.9 Å². The lowest BCUT2D eigenvalue weighted by molar-refractivity contribution is -0.384. The number of non-ortho nitro benzene ring substituents is 1. The van der Waals surface area contributed by atoms with E-state index in [9.17, 15) is 19.3 Å². The van der Waals surface area contributed by atoms with E-state index in [2.05, 4.69) is 10.1 Å².